The van der Waals surface area contributed by atoms with Crippen LogP contribution in [0.15, 0.2) is 24.3 Å². The number of halogens is 1. The Labute approximate surface area is 183 Å². The first-order valence-corrected chi connectivity index (χ1v) is 11.1. The van der Waals surface area contributed by atoms with E-state index in [2.05, 4.69) is 27.9 Å². The van der Waals surface area contributed by atoms with Crippen molar-refractivity contribution in [3.63, 3.8) is 0 Å². The lowest BCUT2D eigenvalue weighted by atomic mass is 10.0. The number of fused-ring (bicyclic) bond motifs is 2. The van der Waals surface area contributed by atoms with Crippen molar-refractivity contribution in [1.29, 1.82) is 0 Å². The second-order valence-electron chi connectivity index (χ2n) is 6.96. The summed E-state index contributed by atoms with van der Waals surface area (Å²) in [7, 11) is 1.63. The van der Waals surface area contributed by atoms with Gasteiger partial charge in [0.15, 0.2) is 0 Å². The molecule has 0 aromatic heterocycles. The van der Waals surface area contributed by atoms with E-state index in [1.165, 1.54) is 4.90 Å². The van der Waals surface area contributed by atoms with Gasteiger partial charge in [0.25, 0.3) is 23.4 Å². The molecule has 0 saturated heterocycles. The predicted octanol–water partition coefficient (Wildman–Crippen LogP) is 3.95. The van der Waals surface area contributed by atoms with Crippen molar-refractivity contribution in [2.75, 3.05) is 22.2 Å². The lowest BCUT2D eigenvalue weighted by Gasteiger charge is -2.12. The molecule has 2 aromatic carbocycles. The summed E-state index contributed by atoms with van der Waals surface area (Å²) in [6.45, 7) is 7.62. The standard InChI is InChI=1S/C11H11NO2.C10H9NO2.CH3I/c1-6-4-7(2)9-8(5-6)10(13)11(14)12(9)3;1-5-3-6(2)8-7(4-5)9(12)10(13)11-8;1-2/h4-5H,1-3H3;3-4H,1-2H3,(H,11,12,13);1H3. The molecule has 2 aliphatic rings. The Morgan fingerprint density at radius 3 is 1.86 bits per heavy atom. The molecule has 0 atom stereocenters. The number of likely N-dealkylation sites (N-methyl/N-ethyl adjacent to an activating group) is 1. The number of carbonyl (C=O) groups is 4. The van der Waals surface area contributed by atoms with Crippen LogP contribution in [0.25, 0.3) is 0 Å². The zero-order valence-corrected chi connectivity index (χ0v) is 19.4. The highest BCUT2D eigenvalue weighted by molar-refractivity contribution is 14.1. The van der Waals surface area contributed by atoms with E-state index >= 15 is 0 Å². The summed E-state index contributed by atoms with van der Waals surface area (Å²) in [6.07, 6.45) is 0. The number of ketones is 2. The highest BCUT2D eigenvalue weighted by atomic mass is 127. The molecule has 0 saturated carbocycles. The number of benzene rings is 2. The van der Waals surface area contributed by atoms with Crippen LogP contribution in [0.5, 0.6) is 0 Å². The maximum Gasteiger partial charge on any atom is 0.299 e. The molecule has 152 valence electrons. The van der Waals surface area contributed by atoms with E-state index in [1.807, 2.05) is 44.8 Å². The molecule has 2 amide bonds. The number of rotatable bonds is 0. The zero-order chi connectivity index (χ0) is 22.0. The van der Waals surface area contributed by atoms with E-state index in [0.29, 0.717) is 16.8 Å². The number of amides is 2. The Hall–Kier alpha value is -2.55. The molecule has 0 spiro atoms. The average Bonchev–Trinajstić information content (AvgIpc) is 3.07. The molecule has 0 radical (unpaired) electrons. The summed E-state index contributed by atoms with van der Waals surface area (Å²) in [4.78, 5) is 48.6. The number of alkyl halides is 1. The summed E-state index contributed by atoms with van der Waals surface area (Å²) >= 11 is 2.15. The first-order chi connectivity index (χ1) is 13.6. The van der Waals surface area contributed by atoms with Gasteiger partial charge in [0.2, 0.25) is 0 Å². The third-order valence-electron chi connectivity index (χ3n) is 4.69. The molecular weight excluding hydrogens is 483 g/mol. The molecule has 1 N–H and O–H groups in total. The van der Waals surface area contributed by atoms with Gasteiger partial charge in [0.1, 0.15) is 0 Å². The van der Waals surface area contributed by atoms with Crippen molar-refractivity contribution >= 4 is 57.3 Å². The topological polar surface area (TPSA) is 83.5 Å². The second-order valence-corrected chi connectivity index (χ2v) is 6.96. The zero-order valence-electron chi connectivity index (χ0n) is 17.3. The van der Waals surface area contributed by atoms with Gasteiger partial charge in [-0.3, -0.25) is 19.2 Å². The lowest BCUT2D eigenvalue weighted by Crippen LogP contribution is -2.25. The molecule has 0 fully saturated rings. The van der Waals surface area contributed by atoms with Crippen molar-refractivity contribution in [3.05, 3.63) is 57.6 Å². The third-order valence-corrected chi connectivity index (χ3v) is 4.69. The molecule has 7 heteroatoms. The Morgan fingerprint density at radius 2 is 1.28 bits per heavy atom. The van der Waals surface area contributed by atoms with Crippen LogP contribution in [0.2, 0.25) is 0 Å². The van der Waals surface area contributed by atoms with Gasteiger partial charge >= 0.3 is 0 Å². The van der Waals surface area contributed by atoms with Gasteiger partial charge in [-0.25, -0.2) is 0 Å². The van der Waals surface area contributed by atoms with Crippen molar-refractivity contribution in [2.45, 2.75) is 27.7 Å². The minimum absolute atomic E-state index is 0.394. The van der Waals surface area contributed by atoms with Gasteiger partial charge in [0, 0.05) is 7.05 Å². The third kappa shape index (κ3) is 4.24. The van der Waals surface area contributed by atoms with Crippen molar-refractivity contribution < 1.29 is 19.2 Å². The largest absolute Gasteiger partial charge is 0.318 e. The summed E-state index contributed by atoms with van der Waals surface area (Å²) in [6, 6.07) is 7.42. The molecule has 0 bridgehead atoms. The van der Waals surface area contributed by atoms with Crippen LogP contribution in [-0.4, -0.2) is 35.4 Å². The summed E-state index contributed by atoms with van der Waals surface area (Å²) < 4.78 is 0. The van der Waals surface area contributed by atoms with Gasteiger partial charge in [0.05, 0.1) is 22.5 Å². The van der Waals surface area contributed by atoms with Gasteiger partial charge in [-0.2, -0.15) is 0 Å². The van der Waals surface area contributed by atoms with Gasteiger partial charge in [-0.15, -0.1) is 0 Å². The summed E-state index contributed by atoms with van der Waals surface area (Å²) in [5, 5.41) is 2.55. The number of nitrogens with one attached hydrogen (secondary N) is 1. The summed E-state index contributed by atoms with van der Waals surface area (Å²) in [5.74, 6) is -1.78. The van der Waals surface area contributed by atoms with Crippen LogP contribution >= 0.6 is 22.6 Å². The summed E-state index contributed by atoms with van der Waals surface area (Å²) in [5.41, 5.74) is 6.39. The van der Waals surface area contributed by atoms with Crippen molar-refractivity contribution in [3.8, 4) is 0 Å². The molecule has 29 heavy (non-hydrogen) atoms. The molecule has 2 heterocycles. The number of nitrogens with zero attached hydrogens (tertiary/aromatic N) is 1. The first kappa shape index (κ1) is 22.7. The highest BCUT2D eigenvalue weighted by Gasteiger charge is 2.34. The molecule has 2 aromatic rings. The predicted molar refractivity (Wildman–Crippen MR) is 122 cm³/mol. The van der Waals surface area contributed by atoms with Gasteiger partial charge < -0.3 is 10.2 Å². The number of hydrogen-bond donors (Lipinski definition) is 1. The van der Waals surface area contributed by atoms with Crippen LogP contribution in [-0.2, 0) is 9.59 Å². The number of anilines is 2. The van der Waals surface area contributed by atoms with Crippen LogP contribution in [0.3, 0.4) is 0 Å². The smallest absolute Gasteiger partial charge is 0.299 e. The van der Waals surface area contributed by atoms with Gasteiger partial charge in [-0.05, 0) is 67.0 Å². The Bertz CT molecular complexity index is 1040. The van der Waals surface area contributed by atoms with E-state index in [4.69, 9.17) is 0 Å². The first-order valence-electron chi connectivity index (χ1n) is 8.90. The fraction of sp³-hybridized carbons (Fsp3) is 0.273. The molecule has 4 rings (SSSR count). The van der Waals surface area contributed by atoms with E-state index in [1.54, 1.807) is 19.2 Å². The fourth-order valence-electron chi connectivity index (χ4n) is 3.55. The number of hydrogen-bond acceptors (Lipinski definition) is 4. The Kier molecular flexibility index (Phi) is 6.94. The SMILES string of the molecule is CI.Cc1cc(C)c2c(c1)C(=O)C(=O)N2.Cc1cc(C)c2c(c1)C(=O)C(=O)N2C. The van der Waals surface area contributed by atoms with E-state index in [0.717, 1.165) is 27.9 Å². The normalized spacial score (nSPS) is 13.8. The van der Waals surface area contributed by atoms with Crippen LogP contribution in [0.4, 0.5) is 11.4 Å². The van der Waals surface area contributed by atoms with Gasteiger partial charge in [-0.1, -0.05) is 34.7 Å². The number of carbonyl (C=O) groups excluding carboxylic acids is 4. The monoisotopic (exact) mass is 506 g/mol. The lowest BCUT2D eigenvalue weighted by molar-refractivity contribution is -0.114. The molecule has 6 nitrogen and oxygen atoms in total. The Morgan fingerprint density at radius 1 is 0.759 bits per heavy atom. The molecule has 2 aliphatic heterocycles. The van der Waals surface area contributed by atoms with Crippen LogP contribution < -0.4 is 10.2 Å². The quantitative estimate of drug-likeness (QED) is 0.333. The molecular formula is C22H23IN2O4. The average molecular weight is 506 g/mol. The maximum absolute atomic E-state index is 11.5. The fourth-order valence-corrected chi connectivity index (χ4v) is 3.55. The second kappa shape index (κ2) is 8.86. The molecule has 0 unspecified atom stereocenters. The van der Waals surface area contributed by atoms with Crippen molar-refractivity contribution in [2.24, 2.45) is 0 Å². The van der Waals surface area contributed by atoms with E-state index in [-0.39, 0.29) is 0 Å². The van der Waals surface area contributed by atoms with Crippen LogP contribution in [0, 0.1) is 27.7 Å². The Balaban J connectivity index is 0.000000191. The maximum atomic E-state index is 11.5. The van der Waals surface area contributed by atoms with E-state index < -0.39 is 23.4 Å². The number of Topliss-reactive ketones (excluding diaryl/α,β-unsaturated/α-hetero) is 2. The molecule has 0 aliphatic carbocycles. The van der Waals surface area contributed by atoms with Crippen molar-refractivity contribution in [1.82, 2.24) is 0 Å². The minimum Gasteiger partial charge on any atom is -0.318 e. The highest BCUT2D eigenvalue weighted by Crippen LogP contribution is 2.32. The van der Waals surface area contributed by atoms with E-state index in [9.17, 15) is 19.2 Å². The van der Waals surface area contributed by atoms with Crippen LogP contribution in [0.1, 0.15) is 43.0 Å². The number of aryl methyl sites for hydroxylation is 4. The minimum atomic E-state index is -0.524.